The van der Waals surface area contributed by atoms with Gasteiger partial charge in [-0.15, -0.1) is 11.6 Å². The Morgan fingerprint density at radius 2 is 2.14 bits per heavy atom. The number of hydrogen-bond donors (Lipinski definition) is 0. The van der Waals surface area contributed by atoms with Crippen LogP contribution in [0.5, 0.6) is 0 Å². The summed E-state index contributed by atoms with van der Waals surface area (Å²) in [5.74, 6) is 1.22. The molecule has 0 saturated carbocycles. The summed E-state index contributed by atoms with van der Waals surface area (Å²) in [5, 5.41) is 9.62. The maximum atomic E-state index is 9.08. The molecule has 0 fully saturated rings. The predicted octanol–water partition coefficient (Wildman–Crippen LogP) is 3.73. The number of rotatable bonds is 3. The van der Waals surface area contributed by atoms with Crippen molar-refractivity contribution in [2.45, 2.75) is 6.42 Å². The standard InChI is InChI=1S/C15H10Cl2N4/c16-6-5-14-20-12-2-1-7-19-15(12)21(14)13-8-10(9-18)3-4-11(13)17/h1-4,7-8H,5-6H2. The van der Waals surface area contributed by atoms with Crippen LogP contribution in [0.25, 0.3) is 16.9 Å². The molecule has 0 aliphatic heterocycles. The van der Waals surface area contributed by atoms with Crippen LogP contribution in [0.3, 0.4) is 0 Å². The van der Waals surface area contributed by atoms with Crippen molar-refractivity contribution in [3.05, 3.63) is 52.9 Å². The Morgan fingerprint density at radius 3 is 2.90 bits per heavy atom. The van der Waals surface area contributed by atoms with Gasteiger partial charge in [0, 0.05) is 18.5 Å². The fourth-order valence-electron chi connectivity index (χ4n) is 2.22. The molecule has 6 heteroatoms. The number of pyridine rings is 1. The van der Waals surface area contributed by atoms with Crippen LogP contribution in [0.4, 0.5) is 0 Å². The van der Waals surface area contributed by atoms with Crippen LogP contribution in [-0.2, 0) is 6.42 Å². The third-order valence-corrected chi connectivity index (χ3v) is 3.63. The number of imidazole rings is 1. The van der Waals surface area contributed by atoms with Crippen LogP contribution in [0, 0.1) is 11.3 Å². The lowest BCUT2D eigenvalue weighted by atomic mass is 10.2. The number of hydrogen-bond acceptors (Lipinski definition) is 3. The van der Waals surface area contributed by atoms with Gasteiger partial charge in [0.1, 0.15) is 11.3 Å². The molecule has 104 valence electrons. The minimum atomic E-state index is 0.443. The third kappa shape index (κ3) is 2.46. The maximum Gasteiger partial charge on any atom is 0.164 e. The molecule has 21 heavy (non-hydrogen) atoms. The van der Waals surface area contributed by atoms with E-state index in [2.05, 4.69) is 16.0 Å². The molecule has 4 nitrogen and oxygen atoms in total. The molecule has 2 aromatic heterocycles. The second-order valence-corrected chi connectivity index (χ2v) is 5.21. The van der Waals surface area contributed by atoms with Gasteiger partial charge in [0.05, 0.1) is 22.3 Å². The van der Waals surface area contributed by atoms with E-state index in [0.29, 0.717) is 34.2 Å². The summed E-state index contributed by atoms with van der Waals surface area (Å²) in [6, 6.07) is 11.0. The van der Waals surface area contributed by atoms with Crippen molar-refractivity contribution in [3.63, 3.8) is 0 Å². The van der Waals surface area contributed by atoms with Gasteiger partial charge in [-0.25, -0.2) is 9.97 Å². The first-order chi connectivity index (χ1) is 10.2. The lowest BCUT2D eigenvalue weighted by molar-refractivity contribution is 0.905. The van der Waals surface area contributed by atoms with Gasteiger partial charge in [0.15, 0.2) is 5.65 Å². The van der Waals surface area contributed by atoms with Gasteiger partial charge in [0.2, 0.25) is 0 Å². The minimum Gasteiger partial charge on any atom is -0.279 e. The highest BCUT2D eigenvalue weighted by Gasteiger charge is 2.15. The van der Waals surface area contributed by atoms with Crippen LogP contribution in [0.1, 0.15) is 11.4 Å². The molecule has 0 unspecified atom stereocenters. The summed E-state index contributed by atoms with van der Waals surface area (Å²) in [4.78, 5) is 8.92. The molecule has 0 saturated heterocycles. The van der Waals surface area contributed by atoms with E-state index in [4.69, 9.17) is 28.5 Å². The zero-order chi connectivity index (χ0) is 14.8. The topological polar surface area (TPSA) is 54.5 Å². The van der Waals surface area contributed by atoms with E-state index in [1.807, 2.05) is 16.7 Å². The summed E-state index contributed by atoms with van der Waals surface area (Å²) in [6.45, 7) is 0. The second-order valence-electron chi connectivity index (χ2n) is 4.43. The molecule has 3 rings (SSSR count). The Labute approximate surface area is 131 Å². The van der Waals surface area contributed by atoms with Gasteiger partial charge in [0.25, 0.3) is 0 Å². The lowest BCUT2D eigenvalue weighted by Crippen LogP contribution is -2.04. The molecular weight excluding hydrogens is 307 g/mol. The highest BCUT2D eigenvalue weighted by molar-refractivity contribution is 6.32. The largest absolute Gasteiger partial charge is 0.279 e. The predicted molar refractivity (Wildman–Crippen MR) is 83.0 cm³/mol. The van der Waals surface area contributed by atoms with Crippen molar-refractivity contribution in [3.8, 4) is 11.8 Å². The van der Waals surface area contributed by atoms with Gasteiger partial charge < -0.3 is 0 Å². The number of nitriles is 1. The van der Waals surface area contributed by atoms with E-state index in [1.165, 1.54) is 0 Å². The molecule has 0 spiro atoms. The molecule has 0 radical (unpaired) electrons. The van der Waals surface area contributed by atoms with Gasteiger partial charge >= 0.3 is 0 Å². The molecule has 3 aromatic rings. The van der Waals surface area contributed by atoms with E-state index >= 15 is 0 Å². The molecule has 0 aliphatic carbocycles. The van der Waals surface area contributed by atoms with Gasteiger partial charge in [-0.05, 0) is 30.3 Å². The lowest BCUT2D eigenvalue weighted by Gasteiger charge is -2.10. The van der Waals surface area contributed by atoms with Crippen molar-refractivity contribution in [2.24, 2.45) is 0 Å². The normalized spacial score (nSPS) is 10.7. The number of benzene rings is 1. The average molecular weight is 317 g/mol. The Bertz CT molecular complexity index is 848. The number of nitrogens with zero attached hydrogens (tertiary/aromatic N) is 4. The number of aryl methyl sites for hydroxylation is 1. The first-order valence-electron chi connectivity index (χ1n) is 6.33. The van der Waals surface area contributed by atoms with Crippen molar-refractivity contribution in [1.29, 1.82) is 5.26 Å². The van der Waals surface area contributed by atoms with Crippen molar-refractivity contribution in [1.82, 2.24) is 14.5 Å². The minimum absolute atomic E-state index is 0.443. The zero-order valence-electron chi connectivity index (χ0n) is 10.9. The summed E-state index contributed by atoms with van der Waals surface area (Å²) in [6.07, 6.45) is 2.29. The number of aromatic nitrogens is 3. The van der Waals surface area contributed by atoms with Crippen molar-refractivity contribution < 1.29 is 0 Å². The summed E-state index contributed by atoms with van der Waals surface area (Å²) >= 11 is 12.2. The van der Waals surface area contributed by atoms with E-state index in [-0.39, 0.29) is 0 Å². The Morgan fingerprint density at radius 1 is 1.29 bits per heavy atom. The first-order valence-corrected chi connectivity index (χ1v) is 7.24. The van der Waals surface area contributed by atoms with Gasteiger partial charge in [-0.3, -0.25) is 4.57 Å². The van der Waals surface area contributed by atoms with E-state index in [9.17, 15) is 0 Å². The number of fused-ring (bicyclic) bond motifs is 1. The number of alkyl halides is 1. The van der Waals surface area contributed by atoms with Gasteiger partial charge in [-0.1, -0.05) is 11.6 Å². The van der Waals surface area contributed by atoms with Crippen LogP contribution < -0.4 is 0 Å². The summed E-state index contributed by atoms with van der Waals surface area (Å²) < 4.78 is 1.86. The summed E-state index contributed by atoms with van der Waals surface area (Å²) in [7, 11) is 0. The molecular formula is C15H10Cl2N4. The van der Waals surface area contributed by atoms with Crippen LogP contribution in [0.2, 0.25) is 5.02 Å². The molecule has 0 N–H and O–H groups in total. The molecule has 2 heterocycles. The Hall–Kier alpha value is -2.09. The first kappa shape index (κ1) is 13.9. The average Bonchev–Trinajstić information content (AvgIpc) is 2.86. The van der Waals surface area contributed by atoms with E-state index in [1.54, 1.807) is 24.4 Å². The molecule has 0 amide bonds. The molecule has 1 aromatic carbocycles. The Kier molecular flexibility index (Phi) is 3.78. The van der Waals surface area contributed by atoms with E-state index < -0.39 is 0 Å². The fraction of sp³-hybridized carbons (Fsp3) is 0.133. The highest BCUT2D eigenvalue weighted by atomic mass is 35.5. The van der Waals surface area contributed by atoms with Crippen LogP contribution in [-0.4, -0.2) is 20.4 Å². The quantitative estimate of drug-likeness (QED) is 0.692. The zero-order valence-corrected chi connectivity index (χ0v) is 12.4. The fourth-order valence-corrected chi connectivity index (χ4v) is 2.59. The molecule has 0 atom stereocenters. The van der Waals surface area contributed by atoms with Gasteiger partial charge in [-0.2, -0.15) is 5.26 Å². The molecule has 0 bridgehead atoms. The third-order valence-electron chi connectivity index (χ3n) is 3.12. The SMILES string of the molecule is N#Cc1ccc(Cl)c(-n2c(CCCl)nc3cccnc32)c1. The summed E-state index contributed by atoms with van der Waals surface area (Å²) in [5.41, 5.74) is 2.70. The highest BCUT2D eigenvalue weighted by Crippen LogP contribution is 2.27. The Balaban J connectivity index is 2.33. The number of halogens is 2. The van der Waals surface area contributed by atoms with Crippen molar-refractivity contribution in [2.75, 3.05) is 5.88 Å². The van der Waals surface area contributed by atoms with E-state index in [0.717, 1.165) is 11.3 Å². The van der Waals surface area contributed by atoms with Crippen molar-refractivity contribution >= 4 is 34.4 Å². The smallest absolute Gasteiger partial charge is 0.164 e. The van der Waals surface area contributed by atoms with Crippen LogP contribution in [0.15, 0.2) is 36.5 Å². The monoisotopic (exact) mass is 316 g/mol. The second kappa shape index (κ2) is 5.72. The maximum absolute atomic E-state index is 9.08. The van der Waals surface area contributed by atoms with Crippen LogP contribution >= 0.6 is 23.2 Å². The molecule has 0 aliphatic rings.